The number of ether oxygens (including phenoxy) is 1. The number of hydrogen-bond donors (Lipinski definition) is 1. The molecule has 244 valence electrons. The standard InChI is InChI=1S/C41H32ClNO6/c1-49-33-14-8-13-32(44)36(33)37-27-19-20-28-35(40(48)43(39(28)47)26-17-15-25(42)16-18-26)30(27)21-31-38(46)29(23-9-4-2-5-10-23)22-34(45)41(31,37)24-11-6-3-7-12-24/h2-19,22,28,30-31,35,37,44H,20-21H2,1H3/t28-,30+,31-,35-,37+,41-/m0/s1. The number of nitrogens with zero attached hydrogens (tertiary/aromatic N) is 1. The summed E-state index contributed by atoms with van der Waals surface area (Å²) in [5, 5.41) is 12.1. The Kier molecular flexibility index (Phi) is 7.41. The van der Waals surface area contributed by atoms with Crippen molar-refractivity contribution in [3.63, 3.8) is 0 Å². The smallest absolute Gasteiger partial charge is 0.238 e. The molecule has 1 N–H and O–H groups in total. The lowest BCUT2D eigenvalue weighted by molar-refractivity contribution is -0.135. The number of ketones is 2. The first-order chi connectivity index (χ1) is 23.8. The van der Waals surface area contributed by atoms with Crippen molar-refractivity contribution < 1.29 is 29.0 Å². The largest absolute Gasteiger partial charge is 0.508 e. The quantitative estimate of drug-likeness (QED) is 0.180. The van der Waals surface area contributed by atoms with Gasteiger partial charge in [-0.15, -0.1) is 0 Å². The van der Waals surface area contributed by atoms with E-state index in [9.17, 15) is 14.7 Å². The number of hydrogen-bond acceptors (Lipinski definition) is 6. The lowest BCUT2D eigenvalue weighted by Crippen LogP contribution is -2.58. The number of aromatic hydroxyl groups is 1. The fourth-order valence-corrected chi connectivity index (χ4v) is 9.16. The fraction of sp³-hybridized carbons (Fsp3) is 0.220. The molecule has 1 saturated carbocycles. The molecular formula is C41H32ClNO6. The zero-order chi connectivity index (χ0) is 34.0. The minimum Gasteiger partial charge on any atom is -0.508 e. The molecule has 0 bridgehead atoms. The molecular weight excluding hydrogens is 638 g/mol. The second kappa shape index (κ2) is 11.7. The minimum atomic E-state index is -1.47. The van der Waals surface area contributed by atoms with Crippen molar-refractivity contribution in [2.75, 3.05) is 12.0 Å². The number of benzene rings is 4. The first-order valence-electron chi connectivity index (χ1n) is 16.4. The summed E-state index contributed by atoms with van der Waals surface area (Å²) in [6.07, 6.45) is 3.85. The highest BCUT2D eigenvalue weighted by molar-refractivity contribution is 6.32. The van der Waals surface area contributed by atoms with E-state index in [0.29, 0.717) is 38.7 Å². The summed E-state index contributed by atoms with van der Waals surface area (Å²) in [6, 6.07) is 29.9. The number of methoxy groups -OCH3 is 1. The third-order valence-corrected chi connectivity index (χ3v) is 11.3. The molecule has 1 heterocycles. The number of allylic oxidation sites excluding steroid dienone is 4. The number of halogens is 1. The van der Waals surface area contributed by atoms with Crippen molar-refractivity contribution in [3.05, 3.63) is 143 Å². The number of rotatable bonds is 5. The number of phenols is 1. The fourth-order valence-electron chi connectivity index (χ4n) is 9.03. The molecule has 2 fully saturated rings. The lowest BCUT2D eigenvalue weighted by Gasteiger charge is -2.55. The summed E-state index contributed by atoms with van der Waals surface area (Å²) in [6.45, 7) is 0. The van der Waals surface area contributed by atoms with Crippen molar-refractivity contribution in [2.24, 2.45) is 23.7 Å². The molecule has 2 amide bonds. The van der Waals surface area contributed by atoms with Gasteiger partial charge in [0.15, 0.2) is 11.6 Å². The molecule has 4 aromatic rings. The van der Waals surface area contributed by atoms with E-state index in [0.717, 1.165) is 5.57 Å². The van der Waals surface area contributed by atoms with Crippen molar-refractivity contribution in [1.82, 2.24) is 0 Å². The highest BCUT2D eigenvalue weighted by Gasteiger charge is 2.66. The Morgan fingerprint density at radius 2 is 1.51 bits per heavy atom. The third-order valence-electron chi connectivity index (χ3n) is 11.0. The van der Waals surface area contributed by atoms with Crippen LogP contribution in [0, 0.1) is 23.7 Å². The van der Waals surface area contributed by atoms with Gasteiger partial charge in [-0.3, -0.25) is 24.1 Å². The van der Waals surface area contributed by atoms with Crippen LogP contribution in [0.15, 0.2) is 121 Å². The van der Waals surface area contributed by atoms with Gasteiger partial charge in [-0.05, 0) is 72.4 Å². The second-order valence-corrected chi connectivity index (χ2v) is 13.6. The molecule has 49 heavy (non-hydrogen) atoms. The van der Waals surface area contributed by atoms with Gasteiger partial charge < -0.3 is 9.84 Å². The highest BCUT2D eigenvalue weighted by atomic mass is 35.5. The first kappa shape index (κ1) is 31.0. The van der Waals surface area contributed by atoms with E-state index < -0.39 is 35.0 Å². The van der Waals surface area contributed by atoms with E-state index in [4.69, 9.17) is 16.3 Å². The first-order valence-corrected chi connectivity index (χ1v) is 16.8. The summed E-state index contributed by atoms with van der Waals surface area (Å²) < 4.78 is 5.84. The van der Waals surface area contributed by atoms with Crippen molar-refractivity contribution in [2.45, 2.75) is 24.2 Å². The Morgan fingerprint density at radius 1 is 0.816 bits per heavy atom. The maximum atomic E-state index is 15.1. The predicted molar refractivity (Wildman–Crippen MR) is 185 cm³/mol. The zero-order valence-corrected chi connectivity index (χ0v) is 27.3. The maximum Gasteiger partial charge on any atom is 0.238 e. The highest BCUT2D eigenvalue weighted by Crippen LogP contribution is 2.65. The van der Waals surface area contributed by atoms with Crippen LogP contribution < -0.4 is 9.64 Å². The Labute approximate surface area is 288 Å². The summed E-state index contributed by atoms with van der Waals surface area (Å²) >= 11 is 6.13. The number of anilines is 1. The third kappa shape index (κ3) is 4.48. The number of phenolic OH excluding ortho intramolecular Hbond substituents is 1. The van der Waals surface area contributed by atoms with Gasteiger partial charge >= 0.3 is 0 Å². The average molecular weight is 670 g/mol. The Bertz CT molecular complexity index is 2090. The average Bonchev–Trinajstić information content (AvgIpc) is 3.39. The van der Waals surface area contributed by atoms with E-state index in [1.54, 1.807) is 42.5 Å². The van der Waals surface area contributed by atoms with Gasteiger partial charge in [-0.25, -0.2) is 0 Å². The number of fused-ring (bicyclic) bond motifs is 4. The van der Waals surface area contributed by atoms with E-state index in [2.05, 4.69) is 0 Å². The van der Waals surface area contributed by atoms with Crippen molar-refractivity contribution >= 4 is 46.2 Å². The molecule has 4 aliphatic rings. The maximum absolute atomic E-state index is 15.1. The normalized spacial score (nSPS) is 27.6. The molecule has 7 nitrogen and oxygen atoms in total. The van der Waals surface area contributed by atoms with Crippen LogP contribution in [0.1, 0.15) is 35.4 Å². The number of carbonyl (C=O) groups is 4. The van der Waals surface area contributed by atoms with Crippen LogP contribution in [0.4, 0.5) is 5.69 Å². The van der Waals surface area contributed by atoms with Crippen LogP contribution >= 0.6 is 11.6 Å². The van der Waals surface area contributed by atoms with Crippen LogP contribution in [-0.2, 0) is 24.6 Å². The number of amides is 2. The van der Waals surface area contributed by atoms with E-state index >= 15 is 9.59 Å². The lowest BCUT2D eigenvalue weighted by atomic mass is 9.44. The predicted octanol–water partition coefficient (Wildman–Crippen LogP) is 7.08. The van der Waals surface area contributed by atoms with Crippen LogP contribution in [-0.4, -0.2) is 35.6 Å². The zero-order valence-electron chi connectivity index (χ0n) is 26.6. The van der Waals surface area contributed by atoms with Gasteiger partial charge in [0.25, 0.3) is 0 Å². The van der Waals surface area contributed by atoms with Gasteiger partial charge in [-0.2, -0.15) is 0 Å². The summed E-state index contributed by atoms with van der Waals surface area (Å²) in [4.78, 5) is 59.9. The van der Waals surface area contributed by atoms with Gasteiger partial charge in [0.2, 0.25) is 11.8 Å². The number of carbonyl (C=O) groups excluding carboxylic acids is 4. The molecule has 6 atom stereocenters. The van der Waals surface area contributed by atoms with Gasteiger partial charge in [0, 0.05) is 28.0 Å². The van der Waals surface area contributed by atoms with Gasteiger partial charge in [0.1, 0.15) is 11.5 Å². The van der Waals surface area contributed by atoms with E-state index in [1.165, 1.54) is 18.1 Å². The molecule has 0 unspecified atom stereocenters. The molecule has 1 saturated heterocycles. The molecule has 0 radical (unpaired) electrons. The Hall–Kier alpha value is -5.27. The van der Waals surface area contributed by atoms with Gasteiger partial charge in [0.05, 0.1) is 30.0 Å². The van der Waals surface area contributed by atoms with Crippen molar-refractivity contribution in [3.8, 4) is 11.5 Å². The molecule has 8 rings (SSSR count). The van der Waals surface area contributed by atoms with E-state index in [-0.39, 0.29) is 42.0 Å². The number of imide groups is 1. The van der Waals surface area contributed by atoms with Crippen LogP contribution in [0.25, 0.3) is 5.57 Å². The minimum absolute atomic E-state index is 0.0863. The summed E-state index contributed by atoms with van der Waals surface area (Å²) in [5.74, 6) is -4.67. The van der Waals surface area contributed by atoms with E-state index in [1.807, 2.05) is 66.7 Å². The van der Waals surface area contributed by atoms with Crippen LogP contribution in [0.3, 0.4) is 0 Å². The Balaban J connectivity index is 1.38. The molecule has 0 aromatic heterocycles. The monoisotopic (exact) mass is 669 g/mol. The Morgan fingerprint density at radius 3 is 2.20 bits per heavy atom. The molecule has 1 aliphatic heterocycles. The molecule has 8 heteroatoms. The van der Waals surface area contributed by atoms with Crippen LogP contribution in [0.5, 0.6) is 11.5 Å². The summed E-state index contributed by atoms with van der Waals surface area (Å²) in [7, 11) is 1.50. The summed E-state index contributed by atoms with van der Waals surface area (Å²) in [5.41, 5.74) is 1.65. The second-order valence-electron chi connectivity index (χ2n) is 13.2. The van der Waals surface area contributed by atoms with Crippen molar-refractivity contribution in [1.29, 1.82) is 0 Å². The number of Topliss-reactive ketones (excluding diaryl/α,β-unsaturated/α-hetero) is 1. The molecule has 4 aromatic carbocycles. The topological polar surface area (TPSA) is 101 Å². The SMILES string of the molecule is COc1cccc(O)c1[C@H]1C2=CC[C@@H]3C(=O)N(c4ccc(Cl)cc4)C(=O)[C@@H]3[C@@H]2C[C@H]2C(=O)C(c3ccccc3)=CC(=O)[C@@]12c1ccccc1. The van der Waals surface area contributed by atoms with Gasteiger partial charge in [-0.1, -0.05) is 90.0 Å². The van der Waals surface area contributed by atoms with Crippen LogP contribution in [0.2, 0.25) is 5.02 Å². The molecule has 3 aliphatic carbocycles. The molecule has 0 spiro atoms.